The Bertz CT molecular complexity index is 1440. The summed E-state index contributed by atoms with van der Waals surface area (Å²) in [5, 5.41) is 7.43. The van der Waals surface area contributed by atoms with Crippen molar-refractivity contribution in [2.45, 2.75) is 19.3 Å². The fraction of sp³-hybridized carbons (Fsp3) is 0.286. The maximum atomic E-state index is 13.1. The van der Waals surface area contributed by atoms with E-state index < -0.39 is 17.9 Å². The molecule has 4 aromatic rings. The van der Waals surface area contributed by atoms with Gasteiger partial charge in [-0.05, 0) is 12.1 Å². The second kappa shape index (κ2) is 8.45. The normalized spacial score (nSPS) is 14.0. The van der Waals surface area contributed by atoms with E-state index >= 15 is 0 Å². The first-order valence-electron chi connectivity index (χ1n) is 10.4. The fourth-order valence-corrected chi connectivity index (χ4v) is 4.08. The van der Waals surface area contributed by atoms with Crippen molar-refractivity contribution in [1.29, 1.82) is 0 Å². The Morgan fingerprint density at radius 3 is 2.60 bits per heavy atom. The zero-order valence-corrected chi connectivity index (χ0v) is 18.6. The van der Waals surface area contributed by atoms with Crippen LogP contribution in [0.15, 0.2) is 30.9 Å². The van der Waals surface area contributed by atoms with Crippen LogP contribution >= 0.6 is 0 Å². The quantitative estimate of drug-likeness (QED) is 0.404. The zero-order valence-electron chi connectivity index (χ0n) is 18.6. The minimum atomic E-state index is -4.61. The number of aryl methyl sites for hydroxylation is 1. The van der Waals surface area contributed by atoms with Gasteiger partial charge < -0.3 is 18.8 Å². The topological polar surface area (TPSA) is 117 Å². The Balaban J connectivity index is 1.51. The van der Waals surface area contributed by atoms with Crippen molar-refractivity contribution in [3.05, 3.63) is 48.1 Å². The SMILES string of the molecule is COc1ncnc2c1c(/C=C/C(=O)N1CCn3c(nnc3C(F)(F)F)C1)c(-c1ncccn1)n2C. The number of aromatic nitrogens is 8. The molecule has 5 heterocycles. The predicted molar refractivity (Wildman–Crippen MR) is 116 cm³/mol. The lowest BCUT2D eigenvalue weighted by Crippen LogP contribution is -2.38. The number of halogens is 3. The number of carbonyl (C=O) groups is 1. The molecule has 0 saturated carbocycles. The van der Waals surface area contributed by atoms with Crippen LogP contribution in [0.2, 0.25) is 0 Å². The van der Waals surface area contributed by atoms with Gasteiger partial charge >= 0.3 is 6.18 Å². The molecular weight excluding hydrogens is 467 g/mol. The van der Waals surface area contributed by atoms with Gasteiger partial charge in [-0.25, -0.2) is 19.9 Å². The number of alkyl halides is 3. The molecule has 180 valence electrons. The molecule has 5 rings (SSSR count). The van der Waals surface area contributed by atoms with Gasteiger partial charge in [0.05, 0.1) is 24.7 Å². The Kier molecular flexibility index (Phi) is 5.42. The van der Waals surface area contributed by atoms with E-state index in [9.17, 15) is 18.0 Å². The number of nitrogens with zero attached hydrogens (tertiary/aromatic N) is 9. The molecule has 35 heavy (non-hydrogen) atoms. The molecule has 1 aliphatic rings. The zero-order chi connectivity index (χ0) is 24.7. The van der Waals surface area contributed by atoms with Gasteiger partial charge in [0.25, 0.3) is 0 Å². The standard InChI is InChI=1S/C21H18F3N9O2/c1-31-16(17-25-6-3-7-26-17)12(15-18(31)27-11-28-19(15)35-2)4-5-14(34)32-8-9-33-13(10-32)29-30-20(33)21(22,23)24/h3-7,11H,8-10H2,1-2H3/b5-4+. The van der Waals surface area contributed by atoms with Crippen molar-refractivity contribution < 1.29 is 22.7 Å². The number of hydrogen-bond donors (Lipinski definition) is 0. The number of fused-ring (bicyclic) bond motifs is 2. The second-order valence-electron chi connectivity index (χ2n) is 7.66. The Hall–Kier alpha value is -4.36. The van der Waals surface area contributed by atoms with Crippen LogP contribution in [0.3, 0.4) is 0 Å². The maximum Gasteiger partial charge on any atom is 0.451 e. The number of carbonyl (C=O) groups excluding carboxylic acids is 1. The monoisotopic (exact) mass is 485 g/mol. The fourth-order valence-electron chi connectivity index (χ4n) is 4.08. The average molecular weight is 485 g/mol. The number of ether oxygens (including phenoxy) is 1. The molecular formula is C21H18F3N9O2. The molecule has 0 bridgehead atoms. The largest absolute Gasteiger partial charge is 0.480 e. The smallest absolute Gasteiger partial charge is 0.451 e. The molecule has 0 spiro atoms. The van der Waals surface area contributed by atoms with Crippen LogP contribution in [0.4, 0.5) is 13.2 Å². The van der Waals surface area contributed by atoms with E-state index in [1.807, 2.05) is 0 Å². The van der Waals surface area contributed by atoms with Crippen LogP contribution in [0, 0.1) is 0 Å². The molecule has 0 saturated heterocycles. The highest BCUT2D eigenvalue weighted by Crippen LogP contribution is 2.35. The first-order valence-corrected chi connectivity index (χ1v) is 10.4. The van der Waals surface area contributed by atoms with Crippen LogP contribution in [0.5, 0.6) is 5.88 Å². The first-order chi connectivity index (χ1) is 16.8. The lowest BCUT2D eigenvalue weighted by Gasteiger charge is -2.27. The summed E-state index contributed by atoms with van der Waals surface area (Å²) in [5.74, 6) is -0.673. The van der Waals surface area contributed by atoms with Crippen molar-refractivity contribution in [1.82, 2.24) is 44.2 Å². The molecule has 0 atom stereocenters. The minimum absolute atomic E-state index is 0.0597. The maximum absolute atomic E-state index is 13.1. The third-order valence-corrected chi connectivity index (χ3v) is 5.65. The summed E-state index contributed by atoms with van der Waals surface area (Å²) in [6, 6.07) is 1.69. The van der Waals surface area contributed by atoms with Gasteiger partial charge in [-0.3, -0.25) is 4.79 Å². The lowest BCUT2D eigenvalue weighted by molar-refractivity contribution is -0.148. The predicted octanol–water partition coefficient (Wildman–Crippen LogP) is 2.10. The number of methoxy groups -OCH3 is 1. The summed E-state index contributed by atoms with van der Waals surface area (Å²) in [7, 11) is 3.26. The van der Waals surface area contributed by atoms with Crippen molar-refractivity contribution in [2.75, 3.05) is 13.7 Å². The van der Waals surface area contributed by atoms with Gasteiger partial charge in [-0.1, -0.05) is 0 Å². The third-order valence-electron chi connectivity index (χ3n) is 5.65. The van der Waals surface area contributed by atoms with Crippen LogP contribution in [0.1, 0.15) is 17.2 Å². The first kappa shape index (κ1) is 22.4. The van der Waals surface area contributed by atoms with Crippen molar-refractivity contribution in [3.63, 3.8) is 0 Å². The van der Waals surface area contributed by atoms with Gasteiger partial charge in [-0.15, -0.1) is 10.2 Å². The Labute approximate surface area is 195 Å². The molecule has 4 aromatic heterocycles. The highest BCUT2D eigenvalue weighted by molar-refractivity contribution is 6.01. The second-order valence-corrected chi connectivity index (χ2v) is 7.66. The Morgan fingerprint density at radius 2 is 1.89 bits per heavy atom. The van der Waals surface area contributed by atoms with Crippen molar-refractivity contribution in [3.8, 4) is 17.4 Å². The summed E-state index contributed by atoms with van der Waals surface area (Å²) < 4.78 is 47.5. The molecule has 1 aliphatic heterocycles. The number of rotatable bonds is 4. The molecule has 0 radical (unpaired) electrons. The molecule has 14 heteroatoms. The molecule has 0 N–H and O–H groups in total. The van der Waals surface area contributed by atoms with Crippen LogP contribution in [-0.4, -0.2) is 63.7 Å². The van der Waals surface area contributed by atoms with E-state index in [1.54, 1.807) is 36.2 Å². The van der Waals surface area contributed by atoms with Gasteiger partial charge in [0.1, 0.15) is 12.0 Å². The summed E-state index contributed by atoms with van der Waals surface area (Å²) in [6.07, 6.45) is 2.88. The van der Waals surface area contributed by atoms with Gasteiger partial charge in [0, 0.05) is 44.2 Å². The summed E-state index contributed by atoms with van der Waals surface area (Å²) in [4.78, 5) is 31.5. The molecule has 0 unspecified atom stereocenters. The summed E-state index contributed by atoms with van der Waals surface area (Å²) in [5.41, 5.74) is 1.72. The molecule has 0 aromatic carbocycles. The van der Waals surface area contributed by atoms with Gasteiger partial charge in [0.2, 0.25) is 17.6 Å². The highest BCUT2D eigenvalue weighted by atomic mass is 19.4. The van der Waals surface area contributed by atoms with Crippen LogP contribution < -0.4 is 4.74 Å². The lowest BCUT2D eigenvalue weighted by atomic mass is 10.1. The van der Waals surface area contributed by atoms with E-state index in [2.05, 4.69) is 30.1 Å². The summed E-state index contributed by atoms with van der Waals surface area (Å²) in [6.45, 7) is -0.0768. The average Bonchev–Trinajstić information content (AvgIpc) is 3.41. The Morgan fingerprint density at radius 1 is 1.11 bits per heavy atom. The number of hydrogen-bond acceptors (Lipinski definition) is 8. The van der Waals surface area contributed by atoms with Gasteiger partial charge in [-0.2, -0.15) is 13.2 Å². The van der Waals surface area contributed by atoms with Crippen LogP contribution in [0.25, 0.3) is 28.6 Å². The number of amides is 1. The third kappa shape index (κ3) is 3.86. The minimum Gasteiger partial charge on any atom is -0.480 e. The van der Waals surface area contributed by atoms with E-state index in [1.165, 1.54) is 24.4 Å². The van der Waals surface area contributed by atoms with E-state index in [0.29, 0.717) is 34.0 Å². The van der Waals surface area contributed by atoms with Crippen molar-refractivity contribution in [2.24, 2.45) is 7.05 Å². The van der Waals surface area contributed by atoms with E-state index in [-0.39, 0.29) is 25.5 Å². The van der Waals surface area contributed by atoms with Crippen LogP contribution in [-0.2, 0) is 31.1 Å². The van der Waals surface area contributed by atoms with Crippen molar-refractivity contribution >= 4 is 23.0 Å². The van der Waals surface area contributed by atoms with E-state index in [4.69, 9.17) is 4.74 Å². The molecule has 11 nitrogen and oxygen atoms in total. The molecule has 1 amide bonds. The van der Waals surface area contributed by atoms with E-state index in [0.717, 1.165) is 4.57 Å². The highest BCUT2D eigenvalue weighted by Gasteiger charge is 2.39. The van der Waals surface area contributed by atoms with Gasteiger partial charge in [0.15, 0.2) is 11.6 Å². The summed E-state index contributed by atoms with van der Waals surface area (Å²) >= 11 is 0. The molecule has 0 aliphatic carbocycles. The molecule has 0 fully saturated rings.